The number of rotatable bonds is 12. The van der Waals surface area contributed by atoms with Crippen LogP contribution in [-0.2, 0) is 23.9 Å². The fraction of sp³-hybridized carbons (Fsp3) is 0.500. The van der Waals surface area contributed by atoms with Crippen LogP contribution in [0.2, 0.25) is 0 Å². The molecule has 41 heavy (non-hydrogen) atoms. The predicted molar refractivity (Wildman–Crippen MR) is 155 cm³/mol. The van der Waals surface area contributed by atoms with E-state index in [1.165, 1.54) is 11.9 Å². The van der Waals surface area contributed by atoms with E-state index >= 15 is 0 Å². The molecule has 0 bridgehead atoms. The minimum Gasteiger partial charge on any atom is -0.478 e. The van der Waals surface area contributed by atoms with Gasteiger partial charge in [-0.25, -0.2) is 14.4 Å². The maximum atomic E-state index is 13.6. The highest BCUT2D eigenvalue weighted by Gasteiger charge is 2.39. The van der Waals surface area contributed by atoms with Gasteiger partial charge in [0, 0.05) is 18.9 Å². The number of carbonyl (C=O) groups is 4. The van der Waals surface area contributed by atoms with Gasteiger partial charge in [-0.05, 0) is 40.5 Å². The quantitative estimate of drug-likeness (QED) is 0.344. The van der Waals surface area contributed by atoms with Crippen LogP contribution >= 0.6 is 0 Å². The van der Waals surface area contributed by atoms with E-state index in [4.69, 9.17) is 9.47 Å². The van der Waals surface area contributed by atoms with Gasteiger partial charge >= 0.3 is 18.0 Å². The zero-order valence-electron chi connectivity index (χ0n) is 24.9. The van der Waals surface area contributed by atoms with Gasteiger partial charge in [0.25, 0.3) is 0 Å². The minimum atomic E-state index is -1.32. The fourth-order valence-electron chi connectivity index (χ4n) is 5.33. The predicted octanol–water partition coefficient (Wildman–Crippen LogP) is 5.08. The monoisotopic (exact) mass is 566 g/mol. The Kier molecular flexibility index (Phi) is 10.5. The van der Waals surface area contributed by atoms with Crippen molar-refractivity contribution in [1.82, 2.24) is 10.2 Å². The standard InChI is InChI=1S/C32H42N2O7/c1-8-20(6)28(30(36)37)41-31(38)27(19(4)5)34(7)29(35)26(18(2)3)33-32(39)40-17-25-23-15-11-9-13-21(23)22-14-10-12-16-24(22)25/h9-16,18-20,25-28H,8,17H2,1-7H3,(H,33,39)(H,36,37)/t20-,26-,27-,28-/m0/s1. The van der Waals surface area contributed by atoms with Crippen molar-refractivity contribution in [2.45, 2.75) is 72.1 Å². The molecule has 1 aliphatic rings. The van der Waals surface area contributed by atoms with Gasteiger partial charge in [0.1, 0.15) is 18.7 Å². The molecule has 2 amide bonds. The number of esters is 1. The zero-order valence-corrected chi connectivity index (χ0v) is 24.9. The molecule has 2 aromatic rings. The van der Waals surface area contributed by atoms with E-state index in [0.29, 0.717) is 6.42 Å². The van der Waals surface area contributed by atoms with Crippen molar-refractivity contribution in [2.24, 2.45) is 17.8 Å². The molecule has 222 valence electrons. The second kappa shape index (κ2) is 13.7. The van der Waals surface area contributed by atoms with Gasteiger partial charge < -0.3 is 24.8 Å². The molecule has 3 rings (SSSR count). The number of carboxylic acids is 1. The van der Waals surface area contributed by atoms with Crippen LogP contribution in [0.3, 0.4) is 0 Å². The molecule has 2 aromatic carbocycles. The Morgan fingerprint density at radius 2 is 1.44 bits per heavy atom. The molecule has 0 radical (unpaired) electrons. The molecule has 0 fully saturated rings. The fourth-order valence-corrected chi connectivity index (χ4v) is 5.33. The Balaban J connectivity index is 1.71. The number of likely N-dealkylation sites (N-methyl/N-ethyl adjacent to an activating group) is 1. The van der Waals surface area contributed by atoms with Crippen LogP contribution in [0.5, 0.6) is 0 Å². The van der Waals surface area contributed by atoms with Crippen molar-refractivity contribution < 1.29 is 33.8 Å². The Bertz CT molecular complexity index is 1210. The van der Waals surface area contributed by atoms with Crippen molar-refractivity contribution in [3.05, 3.63) is 59.7 Å². The molecule has 0 saturated carbocycles. The molecule has 0 aromatic heterocycles. The molecular weight excluding hydrogens is 524 g/mol. The maximum absolute atomic E-state index is 13.6. The van der Waals surface area contributed by atoms with Gasteiger partial charge in [0.15, 0.2) is 0 Å². The Morgan fingerprint density at radius 1 is 0.902 bits per heavy atom. The molecule has 1 aliphatic carbocycles. The first-order valence-electron chi connectivity index (χ1n) is 14.2. The number of benzene rings is 2. The number of ether oxygens (including phenoxy) is 2. The smallest absolute Gasteiger partial charge is 0.407 e. The molecule has 2 N–H and O–H groups in total. The molecule has 9 nitrogen and oxygen atoms in total. The van der Waals surface area contributed by atoms with Crippen molar-refractivity contribution in [3.8, 4) is 11.1 Å². The van der Waals surface area contributed by atoms with Gasteiger partial charge in [-0.15, -0.1) is 0 Å². The van der Waals surface area contributed by atoms with Gasteiger partial charge in [-0.3, -0.25) is 4.79 Å². The highest BCUT2D eigenvalue weighted by Crippen LogP contribution is 2.44. The number of alkyl carbamates (subject to hydrolysis) is 1. The van der Waals surface area contributed by atoms with Gasteiger partial charge in [-0.1, -0.05) is 90.1 Å². The summed E-state index contributed by atoms with van der Waals surface area (Å²) in [6.07, 6.45) is -1.55. The van der Waals surface area contributed by atoms with Crippen molar-refractivity contribution >= 4 is 23.9 Å². The number of fused-ring (bicyclic) bond motifs is 3. The van der Waals surface area contributed by atoms with E-state index in [1.807, 2.05) is 43.3 Å². The average molecular weight is 567 g/mol. The molecule has 0 heterocycles. The summed E-state index contributed by atoms with van der Waals surface area (Å²) in [4.78, 5) is 52.7. The Morgan fingerprint density at radius 3 is 1.90 bits per heavy atom. The van der Waals surface area contributed by atoms with Crippen LogP contribution in [0.4, 0.5) is 4.79 Å². The number of carbonyl (C=O) groups excluding carboxylic acids is 3. The molecule has 9 heteroatoms. The Labute approximate surface area is 242 Å². The first kappa shape index (κ1) is 31.6. The lowest BCUT2D eigenvalue weighted by molar-refractivity contribution is -0.173. The van der Waals surface area contributed by atoms with Gasteiger partial charge in [-0.2, -0.15) is 0 Å². The van der Waals surface area contributed by atoms with Gasteiger partial charge in [0.05, 0.1) is 0 Å². The molecular formula is C32H42N2O7. The summed E-state index contributed by atoms with van der Waals surface area (Å²) in [7, 11) is 1.46. The van der Waals surface area contributed by atoms with E-state index < -0.39 is 48.0 Å². The third-order valence-electron chi connectivity index (χ3n) is 7.83. The topological polar surface area (TPSA) is 122 Å². The minimum absolute atomic E-state index is 0.0990. The number of aliphatic carboxylic acids is 1. The number of hydrogen-bond donors (Lipinski definition) is 2. The lowest BCUT2D eigenvalue weighted by atomic mass is 9.98. The highest BCUT2D eigenvalue weighted by atomic mass is 16.6. The molecule has 0 saturated heterocycles. The molecule has 0 spiro atoms. The van der Waals surface area contributed by atoms with Gasteiger partial charge in [0.2, 0.25) is 12.0 Å². The Hall–Kier alpha value is -3.88. The van der Waals surface area contributed by atoms with E-state index in [2.05, 4.69) is 17.4 Å². The molecule has 0 unspecified atom stereocenters. The van der Waals surface area contributed by atoms with E-state index in [1.54, 1.807) is 34.6 Å². The number of carboxylic acid groups (broad SMARTS) is 1. The summed E-state index contributed by atoms with van der Waals surface area (Å²) < 4.78 is 11.0. The second-order valence-corrected chi connectivity index (χ2v) is 11.4. The van der Waals surface area contributed by atoms with E-state index in [9.17, 15) is 24.3 Å². The summed E-state index contributed by atoms with van der Waals surface area (Å²) in [6.45, 7) is 10.7. The normalized spacial score (nSPS) is 15.3. The van der Waals surface area contributed by atoms with Crippen LogP contribution in [0, 0.1) is 17.8 Å². The van der Waals surface area contributed by atoms with Crippen LogP contribution in [0.15, 0.2) is 48.5 Å². The summed E-state index contributed by atoms with van der Waals surface area (Å²) in [6, 6.07) is 14.0. The number of nitrogens with one attached hydrogen (secondary N) is 1. The van der Waals surface area contributed by atoms with E-state index in [0.717, 1.165) is 22.3 Å². The molecule has 4 atom stereocenters. The first-order chi connectivity index (χ1) is 19.4. The van der Waals surface area contributed by atoms with Crippen LogP contribution in [-0.4, -0.2) is 65.8 Å². The van der Waals surface area contributed by atoms with Crippen LogP contribution in [0.25, 0.3) is 11.1 Å². The third kappa shape index (κ3) is 7.07. The van der Waals surface area contributed by atoms with Crippen LogP contribution < -0.4 is 5.32 Å². The zero-order chi connectivity index (χ0) is 30.4. The molecule has 0 aliphatic heterocycles. The lowest BCUT2D eigenvalue weighted by Gasteiger charge is -2.34. The summed E-state index contributed by atoms with van der Waals surface area (Å²) >= 11 is 0. The first-order valence-corrected chi connectivity index (χ1v) is 14.2. The summed E-state index contributed by atoms with van der Waals surface area (Å²) in [5, 5.41) is 12.3. The van der Waals surface area contributed by atoms with Crippen molar-refractivity contribution in [3.63, 3.8) is 0 Å². The number of amides is 2. The largest absolute Gasteiger partial charge is 0.478 e. The maximum Gasteiger partial charge on any atom is 0.407 e. The number of hydrogen-bond acceptors (Lipinski definition) is 6. The van der Waals surface area contributed by atoms with Crippen molar-refractivity contribution in [2.75, 3.05) is 13.7 Å². The number of nitrogens with zero attached hydrogens (tertiary/aromatic N) is 1. The average Bonchev–Trinajstić information content (AvgIpc) is 3.25. The van der Waals surface area contributed by atoms with E-state index in [-0.39, 0.29) is 24.4 Å². The third-order valence-corrected chi connectivity index (χ3v) is 7.83. The summed E-state index contributed by atoms with van der Waals surface area (Å²) in [5.41, 5.74) is 4.37. The highest BCUT2D eigenvalue weighted by molar-refractivity contribution is 5.90. The lowest BCUT2D eigenvalue weighted by Crippen LogP contribution is -2.56. The van der Waals surface area contributed by atoms with Crippen LogP contribution in [0.1, 0.15) is 65.0 Å². The second-order valence-electron chi connectivity index (χ2n) is 11.4. The van der Waals surface area contributed by atoms with Crippen molar-refractivity contribution in [1.29, 1.82) is 0 Å². The summed E-state index contributed by atoms with van der Waals surface area (Å²) in [5.74, 6) is -3.75. The SMILES string of the molecule is CC[C@H](C)[C@H](OC(=O)[C@H](C(C)C)N(C)C(=O)[C@@H](NC(=O)OCC1c2ccccc2-c2ccccc21)C(C)C)C(=O)O.